The van der Waals surface area contributed by atoms with Crippen molar-refractivity contribution in [2.24, 2.45) is 0 Å². The molecule has 0 unspecified atom stereocenters. The first kappa shape index (κ1) is 18.7. The SMILES string of the molecule is COC(=O)c1ccc(C(=O)N(C)Cc2ccc(C(C)(C)C)cc2)cc1. The number of carbonyl (C=O) groups excluding carboxylic acids is 2. The van der Waals surface area contributed by atoms with Crippen LogP contribution in [0.2, 0.25) is 0 Å². The fourth-order valence-corrected chi connectivity index (χ4v) is 2.54. The Morgan fingerprint density at radius 3 is 1.92 bits per heavy atom. The number of hydrogen-bond donors (Lipinski definition) is 0. The van der Waals surface area contributed by atoms with Crippen LogP contribution >= 0.6 is 0 Å². The Morgan fingerprint density at radius 2 is 1.44 bits per heavy atom. The number of ether oxygens (including phenoxy) is 1. The second-order valence-corrected chi connectivity index (χ2v) is 7.18. The second kappa shape index (κ2) is 7.51. The van der Waals surface area contributed by atoms with Crippen LogP contribution in [0.3, 0.4) is 0 Å². The highest BCUT2D eigenvalue weighted by Gasteiger charge is 2.15. The van der Waals surface area contributed by atoms with E-state index in [4.69, 9.17) is 0 Å². The van der Waals surface area contributed by atoms with Gasteiger partial charge in [-0.3, -0.25) is 4.79 Å². The van der Waals surface area contributed by atoms with E-state index in [2.05, 4.69) is 49.8 Å². The van der Waals surface area contributed by atoms with Crippen LogP contribution in [0.15, 0.2) is 48.5 Å². The molecule has 0 heterocycles. The summed E-state index contributed by atoms with van der Waals surface area (Å²) in [4.78, 5) is 25.7. The fourth-order valence-electron chi connectivity index (χ4n) is 2.54. The molecule has 0 atom stereocenters. The van der Waals surface area contributed by atoms with Gasteiger partial charge in [-0.2, -0.15) is 0 Å². The third-order valence-corrected chi connectivity index (χ3v) is 4.14. The van der Waals surface area contributed by atoms with E-state index in [9.17, 15) is 9.59 Å². The van der Waals surface area contributed by atoms with Gasteiger partial charge in [-0.05, 0) is 40.8 Å². The monoisotopic (exact) mass is 339 g/mol. The Balaban J connectivity index is 2.06. The number of benzene rings is 2. The minimum atomic E-state index is -0.411. The van der Waals surface area contributed by atoms with Gasteiger partial charge in [0.05, 0.1) is 12.7 Å². The second-order valence-electron chi connectivity index (χ2n) is 7.18. The molecule has 0 bridgehead atoms. The zero-order chi connectivity index (χ0) is 18.6. The Bertz CT molecular complexity index is 740. The zero-order valence-corrected chi connectivity index (χ0v) is 15.5. The molecule has 25 heavy (non-hydrogen) atoms. The summed E-state index contributed by atoms with van der Waals surface area (Å²) in [5, 5.41) is 0. The van der Waals surface area contributed by atoms with E-state index >= 15 is 0 Å². The van der Waals surface area contributed by atoms with E-state index in [0.717, 1.165) is 5.56 Å². The summed E-state index contributed by atoms with van der Waals surface area (Å²) in [6.45, 7) is 7.06. The van der Waals surface area contributed by atoms with Gasteiger partial charge in [0.1, 0.15) is 0 Å². The summed E-state index contributed by atoms with van der Waals surface area (Å²) in [6, 6.07) is 14.8. The van der Waals surface area contributed by atoms with E-state index in [1.54, 1.807) is 36.2 Å². The van der Waals surface area contributed by atoms with Gasteiger partial charge in [0, 0.05) is 19.2 Å². The number of amides is 1. The van der Waals surface area contributed by atoms with Crippen LogP contribution in [0.4, 0.5) is 0 Å². The molecular weight excluding hydrogens is 314 g/mol. The van der Waals surface area contributed by atoms with Crippen LogP contribution in [-0.2, 0) is 16.7 Å². The molecule has 0 fully saturated rings. The van der Waals surface area contributed by atoms with Crippen molar-refractivity contribution >= 4 is 11.9 Å². The third kappa shape index (κ3) is 4.69. The van der Waals surface area contributed by atoms with E-state index in [1.165, 1.54) is 12.7 Å². The third-order valence-electron chi connectivity index (χ3n) is 4.14. The average Bonchev–Trinajstić information content (AvgIpc) is 2.60. The van der Waals surface area contributed by atoms with Gasteiger partial charge in [0.25, 0.3) is 5.91 Å². The Morgan fingerprint density at radius 1 is 0.920 bits per heavy atom. The first-order valence-corrected chi connectivity index (χ1v) is 8.25. The van der Waals surface area contributed by atoms with Gasteiger partial charge in [0.15, 0.2) is 0 Å². The molecule has 1 amide bonds. The molecule has 4 nitrogen and oxygen atoms in total. The summed E-state index contributed by atoms with van der Waals surface area (Å²) >= 11 is 0. The molecule has 2 rings (SSSR count). The first-order valence-electron chi connectivity index (χ1n) is 8.25. The van der Waals surface area contributed by atoms with Crippen LogP contribution in [-0.4, -0.2) is 30.9 Å². The lowest BCUT2D eigenvalue weighted by molar-refractivity contribution is 0.0600. The minimum absolute atomic E-state index is 0.0867. The van der Waals surface area contributed by atoms with E-state index < -0.39 is 5.97 Å². The summed E-state index contributed by atoms with van der Waals surface area (Å²) in [5.41, 5.74) is 3.43. The lowest BCUT2D eigenvalue weighted by atomic mass is 9.87. The molecular formula is C21H25NO3. The zero-order valence-electron chi connectivity index (χ0n) is 15.5. The highest BCUT2D eigenvalue weighted by molar-refractivity contribution is 5.96. The van der Waals surface area contributed by atoms with Gasteiger partial charge >= 0.3 is 5.97 Å². The van der Waals surface area contributed by atoms with Gasteiger partial charge < -0.3 is 9.64 Å². The summed E-state index contributed by atoms with van der Waals surface area (Å²) in [5.74, 6) is -0.498. The number of esters is 1. The molecule has 132 valence electrons. The van der Waals surface area contributed by atoms with Crippen LogP contribution in [0.25, 0.3) is 0 Å². The van der Waals surface area contributed by atoms with Crippen molar-refractivity contribution in [2.45, 2.75) is 32.7 Å². The lowest BCUT2D eigenvalue weighted by Crippen LogP contribution is -2.26. The minimum Gasteiger partial charge on any atom is -0.465 e. The molecule has 0 N–H and O–H groups in total. The highest BCUT2D eigenvalue weighted by Crippen LogP contribution is 2.22. The summed E-state index contributed by atoms with van der Waals surface area (Å²) < 4.78 is 4.66. The fraction of sp³-hybridized carbons (Fsp3) is 0.333. The first-order chi connectivity index (χ1) is 11.7. The Kier molecular flexibility index (Phi) is 5.62. The molecule has 0 radical (unpaired) electrons. The maximum Gasteiger partial charge on any atom is 0.337 e. The Hall–Kier alpha value is -2.62. The smallest absolute Gasteiger partial charge is 0.337 e. The maximum absolute atomic E-state index is 12.5. The molecule has 0 saturated carbocycles. The maximum atomic E-state index is 12.5. The topological polar surface area (TPSA) is 46.6 Å². The quantitative estimate of drug-likeness (QED) is 0.790. The van der Waals surface area contributed by atoms with Crippen LogP contribution < -0.4 is 0 Å². The number of hydrogen-bond acceptors (Lipinski definition) is 3. The van der Waals surface area contributed by atoms with Crippen molar-refractivity contribution in [2.75, 3.05) is 14.2 Å². The summed E-state index contributed by atoms with van der Waals surface area (Å²) in [6.07, 6.45) is 0. The molecule has 0 aliphatic rings. The van der Waals surface area contributed by atoms with Crippen molar-refractivity contribution in [3.05, 3.63) is 70.8 Å². The summed E-state index contributed by atoms with van der Waals surface area (Å²) in [7, 11) is 3.11. The molecule has 4 heteroatoms. The molecule has 0 aromatic heterocycles. The van der Waals surface area contributed by atoms with E-state index in [0.29, 0.717) is 17.7 Å². The molecule has 2 aromatic carbocycles. The molecule has 0 aliphatic carbocycles. The number of methoxy groups -OCH3 is 1. The van der Waals surface area contributed by atoms with Crippen LogP contribution in [0.1, 0.15) is 52.6 Å². The van der Waals surface area contributed by atoms with Gasteiger partial charge in [-0.1, -0.05) is 45.0 Å². The largest absolute Gasteiger partial charge is 0.465 e. The van der Waals surface area contributed by atoms with Crippen LogP contribution in [0.5, 0.6) is 0 Å². The highest BCUT2D eigenvalue weighted by atomic mass is 16.5. The lowest BCUT2D eigenvalue weighted by Gasteiger charge is -2.21. The van der Waals surface area contributed by atoms with Crippen LogP contribution in [0, 0.1) is 0 Å². The number of rotatable bonds is 4. The van der Waals surface area contributed by atoms with Crippen molar-refractivity contribution in [1.82, 2.24) is 4.90 Å². The molecule has 0 saturated heterocycles. The van der Waals surface area contributed by atoms with Crippen molar-refractivity contribution in [3.63, 3.8) is 0 Å². The van der Waals surface area contributed by atoms with E-state index in [1.807, 2.05) is 0 Å². The average molecular weight is 339 g/mol. The molecule has 0 aliphatic heterocycles. The number of nitrogens with zero attached hydrogens (tertiary/aromatic N) is 1. The van der Waals surface area contributed by atoms with Gasteiger partial charge in [-0.15, -0.1) is 0 Å². The normalized spacial score (nSPS) is 11.1. The molecule has 2 aromatic rings. The van der Waals surface area contributed by atoms with Gasteiger partial charge in [0.2, 0.25) is 0 Å². The van der Waals surface area contributed by atoms with Crippen molar-refractivity contribution < 1.29 is 14.3 Å². The predicted molar refractivity (Wildman–Crippen MR) is 98.7 cm³/mol. The Labute approximate surface area is 149 Å². The molecule has 0 spiro atoms. The number of carbonyl (C=O) groups is 2. The van der Waals surface area contributed by atoms with Gasteiger partial charge in [-0.25, -0.2) is 4.79 Å². The predicted octanol–water partition coefficient (Wildman–Crippen LogP) is 4.04. The van der Waals surface area contributed by atoms with E-state index in [-0.39, 0.29) is 11.3 Å². The van der Waals surface area contributed by atoms with Crippen molar-refractivity contribution in [3.8, 4) is 0 Å². The van der Waals surface area contributed by atoms with Crippen molar-refractivity contribution in [1.29, 1.82) is 0 Å². The standard InChI is InChI=1S/C21H25NO3/c1-21(2,3)18-12-6-15(7-13-18)14-22(4)19(23)16-8-10-17(11-9-16)20(24)25-5/h6-13H,14H2,1-5H3.